The van der Waals surface area contributed by atoms with Crippen molar-refractivity contribution in [1.29, 1.82) is 0 Å². The molecule has 0 aliphatic rings. The summed E-state index contributed by atoms with van der Waals surface area (Å²) >= 11 is 0. The van der Waals surface area contributed by atoms with Crippen molar-refractivity contribution in [2.24, 2.45) is 0 Å². The highest BCUT2D eigenvalue weighted by molar-refractivity contribution is 5.90. The maximum atomic E-state index is 4.29. The zero-order valence-corrected chi connectivity index (χ0v) is 9.96. The molecule has 4 nitrogen and oxygen atoms in total. The van der Waals surface area contributed by atoms with Gasteiger partial charge in [0.1, 0.15) is 12.1 Å². The lowest BCUT2D eigenvalue weighted by atomic mass is 10.2. The minimum atomic E-state index is 0.803. The fourth-order valence-electron chi connectivity index (χ4n) is 1.82. The molecule has 2 heterocycles. The summed E-state index contributed by atoms with van der Waals surface area (Å²) in [5.41, 5.74) is 2.80. The Morgan fingerprint density at radius 2 is 1.83 bits per heavy atom. The third kappa shape index (κ3) is 2.00. The normalized spacial score (nSPS) is 10.5. The van der Waals surface area contributed by atoms with Crippen LogP contribution in [0.3, 0.4) is 0 Å². The molecule has 4 heteroatoms. The molecule has 1 aromatic carbocycles. The maximum absolute atomic E-state index is 4.29. The van der Waals surface area contributed by atoms with Crippen molar-refractivity contribution in [3.63, 3.8) is 0 Å². The molecule has 2 aromatic heterocycles. The van der Waals surface area contributed by atoms with E-state index in [1.165, 1.54) is 0 Å². The summed E-state index contributed by atoms with van der Waals surface area (Å²) in [5, 5.41) is 4.28. The van der Waals surface area contributed by atoms with Crippen molar-refractivity contribution in [3.8, 4) is 0 Å². The third-order valence-corrected chi connectivity index (χ3v) is 2.69. The number of aromatic nitrogens is 3. The van der Waals surface area contributed by atoms with E-state index in [9.17, 15) is 0 Å². The molecular weight excluding hydrogens is 224 g/mol. The second-order valence-electron chi connectivity index (χ2n) is 4.06. The fourth-order valence-corrected chi connectivity index (χ4v) is 1.82. The van der Waals surface area contributed by atoms with Crippen LogP contribution in [0.1, 0.15) is 5.69 Å². The predicted octanol–water partition coefficient (Wildman–Crippen LogP) is 3.08. The number of hydrogen-bond acceptors (Lipinski definition) is 4. The van der Waals surface area contributed by atoms with Gasteiger partial charge in [0, 0.05) is 16.8 Å². The Kier molecular flexibility index (Phi) is 2.61. The predicted molar refractivity (Wildman–Crippen MR) is 71.8 cm³/mol. The van der Waals surface area contributed by atoms with Gasteiger partial charge in [-0.05, 0) is 25.1 Å². The summed E-state index contributed by atoms with van der Waals surface area (Å²) in [5.74, 6) is 0.803. The van der Waals surface area contributed by atoms with Crippen LogP contribution in [0.2, 0.25) is 0 Å². The van der Waals surface area contributed by atoms with E-state index in [4.69, 9.17) is 0 Å². The molecule has 0 saturated carbocycles. The van der Waals surface area contributed by atoms with E-state index in [-0.39, 0.29) is 0 Å². The van der Waals surface area contributed by atoms with Crippen LogP contribution in [0.25, 0.3) is 10.9 Å². The highest BCUT2D eigenvalue weighted by Gasteiger charge is 2.04. The van der Waals surface area contributed by atoms with Crippen LogP contribution in [0.15, 0.2) is 48.9 Å². The number of nitrogens with one attached hydrogen (secondary N) is 1. The number of rotatable bonds is 2. The molecule has 18 heavy (non-hydrogen) atoms. The lowest BCUT2D eigenvalue weighted by Crippen LogP contribution is -1.96. The Hall–Kier alpha value is -2.49. The number of pyridine rings is 1. The molecule has 88 valence electrons. The van der Waals surface area contributed by atoms with Crippen molar-refractivity contribution < 1.29 is 0 Å². The summed E-state index contributed by atoms with van der Waals surface area (Å²) in [7, 11) is 0. The number of aryl methyl sites for hydroxylation is 1. The molecule has 0 aliphatic heterocycles. The summed E-state index contributed by atoms with van der Waals surface area (Å²) in [4.78, 5) is 12.7. The molecule has 3 aromatic rings. The Balaban J connectivity index is 2.09. The molecule has 0 amide bonds. The molecule has 0 atom stereocenters. The monoisotopic (exact) mass is 236 g/mol. The summed E-state index contributed by atoms with van der Waals surface area (Å²) in [6.45, 7) is 1.96. The van der Waals surface area contributed by atoms with Gasteiger partial charge >= 0.3 is 0 Å². The Morgan fingerprint density at radius 3 is 2.67 bits per heavy atom. The third-order valence-electron chi connectivity index (χ3n) is 2.69. The lowest BCUT2D eigenvalue weighted by molar-refractivity contribution is 1.17. The SMILES string of the molecule is Cc1cc2c(Nc3ccccc3)ncnc2cn1. The number of anilines is 2. The first-order chi connectivity index (χ1) is 8.83. The van der Waals surface area contributed by atoms with Gasteiger partial charge in [0.15, 0.2) is 0 Å². The van der Waals surface area contributed by atoms with Crippen molar-refractivity contribution >= 4 is 22.4 Å². The molecule has 0 bridgehead atoms. The van der Waals surface area contributed by atoms with E-state index >= 15 is 0 Å². The number of benzene rings is 1. The Bertz CT molecular complexity index is 680. The van der Waals surface area contributed by atoms with Crippen LogP contribution in [0.5, 0.6) is 0 Å². The van der Waals surface area contributed by atoms with Gasteiger partial charge in [-0.1, -0.05) is 18.2 Å². The maximum Gasteiger partial charge on any atom is 0.141 e. The average Bonchev–Trinajstić information content (AvgIpc) is 2.41. The van der Waals surface area contributed by atoms with Gasteiger partial charge in [-0.3, -0.25) is 4.98 Å². The first-order valence-electron chi connectivity index (χ1n) is 5.72. The minimum Gasteiger partial charge on any atom is -0.340 e. The summed E-state index contributed by atoms with van der Waals surface area (Å²) in [6, 6.07) is 11.9. The zero-order chi connectivity index (χ0) is 12.4. The average molecular weight is 236 g/mol. The van der Waals surface area contributed by atoms with Gasteiger partial charge < -0.3 is 5.32 Å². The van der Waals surface area contributed by atoms with Gasteiger partial charge in [0.05, 0.1) is 11.7 Å². The summed E-state index contributed by atoms with van der Waals surface area (Å²) < 4.78 is 0. The van der Waals surface area contributed by atoms with E-state index in [0.29, 0.717) is 0 Å². The standard InChI is InChI=1S/C14H12N4/c1-10-7-12-13(8-15-10)16-9-17-14(12)18-11-5-3-2-4-6-11/h2-9H,1H3,(H,16,17,18). The van der Waals surface area contributed by atoms with Crippen LogP contribution in [-0.2, 0) is 0 Å². The van der Waals surface area contributed by atoms with Crippen molar-refractivity contribution in [2.75, 3.05) is 5.32 Å². The number of hydrogen-bond donors (Lipinski definition) is 1. The topological polar surface area (TPSA) is 50.7 Å². The van der Waals surface area contributed by atoms with Crippen molar-refractivity contribution in [1.82, 2.24) is 15.0 Å². The first kappa shape index (κ1) is 10.7. The first-order valence-corrected chi connectivity index (χ1v) is 5.72. The van der Waals surface area contributed by atoms with Gasteiger partial charge in [-0.15, -0.1) is 0 Å². The van der Waals surface area contributed by atoms with E-state index in [1.807, 2.05) is 43.3 Å². The van der Waals surface area contributed by atoms with E-state index < -0.39 is 0 Å². The summed E-state index contributed by atoms with van der Waals surface area (Å²) in [6.07, 6.45) is 3.31. The molecule has 3 rings (SSSR count). The van der Waals surface area contributed by atoms with Crippen molar-refractivity contribution in [3.05, 3.63) is 54.6 Å². The van der Waals surface area contributed by atoms with Crippen LogP contribution >= 0.6 is 0 Å². The highest BCUT2D eigenvalue weighted by atomic mass is 15.0. The lowest BCUT2D eigenvalue weighted by Gasteiger charge is -2.08. The molecule has 0 saturated heterocycles. The molecular formula is C14H12N4. The molecule has 0 unspecified atom stereocenters. The van der Waals surface area contributed by atoms with E-state index in [2.05, 4.69) is 20.3 Å². The Morgan fingerprint density at radius 1 is 1.00 bits per heavy atom. The smallest absolute Gasteiger partial charge is 0.141 e. The fraction of sp³-hybridized carbons (Fsp3) is 0.0714. The van der Waals surface area contributed by atoms with Crippen molar-refractivity contribution in [2.45, 2.75) is 6.92 Å². The van der Waals surface area contributed by atoms with E-state index in [1.54, 1.807) is 12.5 Å². The van der Waals surface area contributed by atoms with Crippen LogP contribution in [0, 0.1) is 6.92 Å². The second-order valence-corrected chi connectivity index (χ2v) is 4.06. The van der Waals surface area contributed by atoms with E-state index in [0.717, 1.165) is 28.1 Å². The second kappa shape index (κ2) is 4.41. The number of nitrogens with zero attached hydrogens (tertiary/aromatic N) is 3. The van der Waals surface area contributed by atoms with Gasteiger partial charge in [-0.25, -0.2) is 9.97 Å². The zero-order valence-electron chi connectivity index (χ0n) is 9.96. The van der Waals surface area contributed by atoms with Gasteiger partial charge in [-0.2, -0.15) is 0 Å². The van der Waals surface area contributed by atoms with Gasteiger partial charge in [0.2, 0.25) is 0 Å². The van der Waals surface area contributed by atoms with Crippen LogP contribution in [0.4, 0.5) is 11.5 Å². The highest BCUT2D eigenvalue weighted by Crippen LogP contribution is 2.22. The molecule has 0 aliphatic carbocycles. The minimum absolute atomic E-state index is 0.803. The molecule has 0 fully saturated rings. The molecule has 0 spiro atoms. The molecule has 0 radical (unpaired) electrons. The Labute approximate surface area is 105 Å². The largest absolute Gasteiger partial charge is 0.340 e. The molecule has 1 N–H and O–H groups in total. The van der Waals surface area contributed by atoms with Crippen LogP contribution in [-0.4, -0.2) is 15.0 Å². The quantitative estimate of drug-likeness (QED) is 0.742. The number of fused-ring (bicyclic) bond motifs is 1. The van der Waals surface area contributed by atoms with Gasteiger partial charge in [0.25, 0.3) is 0 Å². The van der Waals surface area contributed by atoms with Crippen LogP contribution < -0.4 is 5.32 Å². The number of para-hydroxylation sites is 1.